The largest absolute Gasteiger partial charge is 0.207 e. The lowest BCUT2D eigenvalue weighted by atomic mass is 10.0. The summed E-state index contributed by atoms with van der Waals surface area (Å²) in [6.45, 7) is 3.71. The molecule has 1 aromatic rings. The van der Waals surface area contributed by atoms with Gasteiger partial charge in [-0.25, -0.2) is 8.78 Å². The highest BCUT2D eigenvalue weighted by molar-refractivity contribution is 6.21. The normalized spacial score (nSPS) is 26.5. The highest BCUT2D eigenvalue weighted by Crippen LogP contribution is 2.50. The Balaban J connectivity index is 2.31. The molecule has 1 fully saturated rings. The first kappa shape index (κ1) is 10.9. The van der Waals surface area contributed by atoms with Gasteiger partial charge in [-0.1, -0.05) is 6.92 Å². The second-order valence-corrected chi connectivity index (χ2v) is 4.87. The van der Waals surface area contributed by atoms with E-state index >= 15 is 0 Å². The van der Waals surface area contributed by atoms with Crippen LogP contribution >= 0.6 is 11.6 Å². The number of halogens is 3. The molecule has 1 aliphatic rings. The van der Waals surface area contributed by atoms with Crippen molar-refractivity contribution in [1.29, 1.82) is 0 Å². The van der Waals surface area contributed by atoms with Gasteiger partial charge in [-0.2, -0.15) is 0 Å². The van der Waals surface area contributed by atoms with Crippen molar-refractivity contribution in [2.75, 3.05) is 0 Å². The third-order valence-electron chi connectivity index (χ3n) is 3.12. The molecule has 2 rings (SSSR count). The van der Waals surface area contributed by atoms with Crippen LogP contribution in [-0.2, 0) is 0 Å². The molecule has 0 spiro atoms. The van der Waals surface area contributed by atoms with Gasteiger partial charge in [0, 0.05) is 11.6 Å². The summed E-state index contributed by atoms with van der Waals surface area (Å²) in [5.74, 6) is -0.149. The van der Waals surface area contributed by atoms with Gasteiger partial charge in [0.1, 0.15) is 11.6 Å². The maximum absolute atomic E-state index is 13.5. The van der Waals surface area contributed by atoms with Crippen LogP contribution in [0.25, 0.3) is 0 Å². The minimum atomic E-state index is -0.530. The quantitative estimate of drug-likeness (QED) is 0.668. The van der Waals surface area contributed by atoms with Gasteiger partial charge in [0.25, 0.3) is 0 Å². The fraction of sp³-hybridized carbons (Fsp3) is 0.500. The molecule has 15 heavy (non-hydrogen) atoms. The summed E-state index contributed by atoms with van der Waals surface area (Å²) in [4.78, 5) is 0. The molecule has 3 heteroatoms. The molecule has 0 N–H and O–H groups in total. The number of alkyl halides is 1. The van der Waals surface area contributed by atoms with E-state index < -0.39 is 11.6 Å². The number of hydrogen-bond acceptors (Lipinski definition) is 0. The van der Waals surface area contributed by atoms with Crippen LogP contribution in [0.2, 0.25) is 0 Å². The molecule has 1 saturated carbocycles. The lowest BCUT2D eigenvalue weighted by Gasteiger charge is -2.11. The third kappa shape index (κ3) is 2.00. The smallest absolute Gasteiger partial charge is 0.130 e. The Morgan fingerprint density at radius 3 is 2.47 bits per heavy atom. The third-order valence-corrected chi connectivity index (χ3v) is 3.68. The van der Waals surface area contributed by atoms with Gasteiger partial charge < -0.3 is 0 Å². The van der Waals surface area contributed by atoms with Crippen LogP contribution in [-0.4, -0.2) is 0 Å². The van der Waals surface area contributed by atoms with E-state index in [1.807, 2.05) is 0 Å². The first-order valence-electron chi connectivity index (χ1n) is 5.10. The predicted octanol–water partition coefficient (Wildman–Crippen LogP) is 4.21. The Hall–Kier alpha value is -0.630. The maximum Gasteiger partial charge on any atom is 0.130 e. The Morgan fingerprint density at radius 2 is 1.93 bits per heavy atom. The molecule has 3 unspecified atom stereocenters. The fourth-order valence-electron chi connectivity index (χ4n) is 1.88. The van der Waals surface area contributed by atoms with Crippen molar-refractivity contribution in [3.63, 3.8) is 0 Å². The van der Waals surface area contributed by atoms with Gasteiger partial charge in [0.05, 0.1) is 5.38 Å². The molecule has 0 aromatic heterocycles. The van der Waals surface area contributed by atoms with Crippen molar-refractivity contribution in [2.24, 2.45) is 11.8 Å². The van der Waals surface area contributed by atoms with Gasteiger partial charge in [-0.05, 0) is 36.8 Å². The highest BCUT2D eigenvalue weighted by atomic mass is 35.5. The van der Waals surface area contributed by atoms with E-state index in [-0.39, 0.29) is 5.38 Å². The highest BCUT2D eigenvalue weighted by Gasteiger charge is 2.40. The monoisotopic (exact) mass is 230 g/mol. The van der Waals surface area contributed by atoms with Crippen molar-refractivity contribution in [3.8, 4) is 0 Å². The van der Waals surface area contributed by atoms with Crippen LogP contribution in [0.3, 0.4) is 0 Å². The van der Waals surface area contributed by atoms with Crippen LogP contribution in [0.1, 0.15) is 29.8 Å². The van der Waals surface area contributed by atoms with Gasteiger partial charge in [0.15, 0.2) is 0 Å². The van der Waals surface area contributed by atoms with E-state index in [0.29, 0.717) is 23.0 Å². The SMILES string of the molecule is Cc1cc(C(Cl)C2CC2C)c(F)cc1F. The Morgan fingerprint density at radius 1 is 1.33 bits per heavy atom. The fourth-order valence-corrected chi connectivity index (χ4v) is 2.40. The van der Waals surface area contributed by atoms with Gasteiger partial charge in [0.2, 0.25) is 0 Å². The number of hydrogen-bond donors (Lipinski definition) is 0. The topological polar surface area (TPSA) is 0 Å². The molecular formula is C12H13ClF2. The number of benzene rings is 1. The van der Waals surface area contributed by atoms with Gasteiger partial charge >= 0.3 is 0 Å². The molecule has 3 atom stereocenters. The van der Waals surface area contributed by atoms with Crippen LogP contribution in [0, 0.1) is 30.4 Å². The maximum atomic E-state index is 13.5. The molecule has 1 aliphatic carbocycles. The van der Waals surface area contributed by atoms with E-state index in [4.69, 9.17) is 11.6 Å². The van der Waals surface area contributed by atoms with Crippen molar-refractivity contribution in [2.45, 2.75) is 25.6 Å². The molecule has 0 nitrogen and oxygen atoms in total. The second kappa shape index (κ2) is 3.75. The summed E-state index contributed by atoms with van der Waals surface area (Å²) >= 11 is 6.17. The second-order valence-electron chi connectivity index (χ2n) is 4.40. The average molecular weight is 231 g/mol. The number of rotatable bonds is 2. The Kier molecular flexibility index (Phi) is 2.72. The van der Waals surface area contributed by atoms with E-state index in [9.17, 15) is 8.78 Å². The summed E-state index contributed by atoms with van der Waals surface area (Å²) in [7, 11) is 0. The van der Waals surface area contributed by atoms with Gasteiger partial charge in [-0.15, -0.1) is 11.6 Å². The van der Waals surface area contributed by atoms with Crippen LogP contribution < -0.4 is 0 Å². The zero-order valence-corrected chi connectivity index (χ0v) is 9.48. The van der Waals surface area contributed by atoms with Crippen molar-refractivity contribution >= 4 is 11.6 Å². The Labute approximate surface area is 93.2 Å². The summed E-state index contributed by atoms with van der Waals surface area (Å²) in [6, 6.07) is 2.44. The lowest BCUT2D eigenvalue weighted by Crippen LogP contribution is -2.00. The van der Waals surface area contributed by atoms with Crippen molar-refractivity contribution in [1.82, 2.24) is 0 Å². The van der Waals surface area contributed by atoms with E-state index in [1.165, 1.54) is 6.07 Å². The molecular weight excluding hydrogens is 218 g/mol. The molecule has 0 amide bonds. The van der Waals surface area contributed by atoms with E-state index in [2.05, 4.69) is 6.92 Å². The summed E-state index contributed by atoms with van der Waals surface area (Å²) in [5.41, 5.74) is 0.885. The van der Waals surface area contributed by atoms with Crippen LogP contribution in [0.5, 0.6) is 0 Å². The van der Waals surface area contributed by atoms with E-state index in [0.717, 1.165) is 12.5 Å². The van der Waals surface area contributed by atoms with Crippen molar-refractivity contribution < 1.29 is 8.78 Å². The summed E-state index contributed by atoms with van der Waals surface area (Å²) < 4.78 is 26.5. The first-order valence-corrected chi connectivity index (χ1v) is 5.54. The molecule has 1 aromatic carbocycles. The predicted molar refractivity (Wildman–Crippen MR) is 57.0 cm³/mol. The number of aryl methyl sites for hydroxylation is 1. The lowest BCUT2D eigenvalue weighted by molar-refractivity contribution is 0.557. The summed E-state index contributed by atoms with van der Waals surface area (Å²) in [6.07, 6.45) is 1.03. The molecule has 0 heterocycles. The zero-order valence-electron chi connectivity index (χ0n) is 8.73. The van der Waals surface area contributed by atoms with Crippen LogP contribution in [0.15, 0.2) is 12.1 Å². The van der Waals surface area contributed by atoms with E-state index in [1.54, 1.807) is 6.92 Å². The Bertz CT molecular complexity index is 389. The van der Waals surface area contributed by atoms with Crippen molar-refractivity contribution in [3.05, 3.63) is 34.9 Å². The summed E-state index contributed by atoms with van der Waals surface area (Å²) in [5, 5.41) is -0.320. The first-order chi connectivity index (χ1) is 7.00. The molecule has 0 radical (unpaired) electrons. The van der Waals surface area contributed by atoms with Crippen LogP contribution in [0.4, 0.5) is 8.78 Å². The van der Waals surface area contributed by atoms with Gasteiger partial charge in [-0.3, -0.25) is 0 Å². The minimum absolute atomic E-state index is 0.320. The molecule has 0 saturated heterocycles. The molecule has 0 bridgehead atoms. The average Bonchev–Trinajstić information content (AvgIpc) is 2.88. The molecule has 0 aliphatic heterocycles. The standard InChI is InChI=1S/C12H13ClF2/c1-6-3-8(6)12(13)9-4-7(2)10(14)5-11(9)15/h4-6,8,12H,3H2,1-2H3. The molecule has 82 valence electrons. The zero-order chi connectivity index (χ0) is 11.2. The minimum Gasteiger partial charge on any atom is -0.207 e.